The Kier molecular flexibility index (Phi) is 4.63. The van der Waals surface area contributed by atoms with Gasteiger partial charge in [-0.3, -0.25) is 0 Å². The average molecular weight is 356 g/mol. The van der Waals surface area contributed by atoms with Crippen molar-refractivity contribution in [1.29, 1.82) is 5.26 Å². The number of aryl methyl sites for hydroxylation is 2. The number of nitriles is 1. The van der Waals surface area contributed by atoms with Crippen LogP contribution in [0.15, 0.2) is 67.3 Å². The van der Waals surface area contributed by atoms with Crippen molar-refractivity contribution in [3.05, 3.63) is 95.3 Å². The summed E-state index contributed by atoms with van der Waals surface area (Å²) in [5.41, 5.74) is 6.03. The van der Waals surface area contributed by atoms with Crippen LogP contribution in [0.25, 0.3) is 5.57 Å². The molecule has 0 aliphatic carbocycles. The topological polar surface area (TPSA) is 61.6 Å². The smallest absolute Gasteiger partial charge is 0.134 e. The summed E-state index contributed by atoms with van der Waals surface area (Å²) >= 11 is 0. The van der Waals surface area contributed by atoms with Crippen LogP contribution in [-0.2, 0) is 12.8 Å². The normalized spacial score (nSPS) is 15.3. The molecule has 1 aliphatic rings. The van der Waals surface area contributed by atoms with Gasteiger partial charge >= 0.3 is 0 Å². The molecule has 0 fully saturated rings. The fraction of sp³-hybridized carbons (Fsp3) is 0.136. The van der Waals surface area contributed by atoms with Gasteiger partial charge in [0.2, 0.25) is 0 Å². The van der Waals surface area contributed by atoms with Crippen LogP contribution in [-0.4, -0.2) is 16.0 Å². The maximum atomic E-state index is 13.3. The van der Waals surface area contributed by atoms with E-state index < -0.39 is 6.04 Å². The number of nitrogens with one attached hydrogen (secondary N) is 1. The van der Waals surface area contributed by atoms with E-state index in [1.54, 1.807) is 12.1 Å². The average Bonchev–Trinajstić information content (AvgIpc) is 2.72. The molecule has 27 heavy (non-hydrogen) atoms. The second kappa shape index (κ2) is 7.38. The molecule has 1 N–H and O–H groups in total. The zero-order valence-electron chi connectivity index (χ0n) is 14.6. The third kappa shape index (κ3) is 3.70. The van der Waals surface area contributed by atoms with E-state index in [1.807, 2.05) is 18.5 Å². The van der Waals surface area contributed by atoms with E-state index in [2.05, 4.69) is 39.6 Å². The van der Waals surface area contributed by atoms with Crippen LogP contribution in [0.4, 0.5) is 10.1 Å². The first-order valence-electron chi connectivity index (χ1n) is 8.74. The molecule has 4 rings (SSSR count). The minimum atomic E-state index is -0.421. The predicted octanol–water partition coefficient (Wildman–Crippen LogP) is 4.15. The lowest BCUT2D eigenvalue weighted by atomic mass is 9.90. The Morgan fingerprint density at radius 3 is 2.48 bits per heavy atom. The van der Waals surface area contributed by atoms with Gasteiger partial charge in [-0.2, -0.15) is 5.26 Å². The highest BCUT2D eigenvalue weighted by atomic mass is 19.1. The molecule has 5 heteroatoms. The molecular weight excluding hydrogens is 339 g/mol. The summed E-state index contributed by atoms with van der Waals surface area (Å²) in [6.45, 7) is 0. The van der Waals surface area contributed by atoms with Crippen molar-refractivity contribution >= 4 is 11.3 Å². The van der Waals surface area contributed by atoms with Crippen LogP contribution in [0.3, 0.4) is 0 Å². The number of hydrogen-bond acceptors (Lipinski definition) is 4. The van der Waals surface area contributed by atoms with Crippen molar-refractivity contribution in [2.45, 2.75) is 18.9 Å². The number of benzene rings is 2. The van der Waals surface area contributed by atoms with Gasteiger partial charge in [0.25, 0.3) is 0 Å². The van der Waals surface area contributed by atoms with Crippen LogP contribution < -0.4 is 5.32 Å². The molecule has 132 valence electrons. The second-order valence-corrected chi connectivity index (χ2v) is 6.47. The molecule has 1 unspecified atom stereocenters. The summed E-state index contributed by atoms with van der Waals surface area (Å²) < 4.78 is 13.3. The van der Waals surface area contributed by atoms with Gasteiger partial charge in [0.05, 0.1) is 6.07 Å². The largest absolute Gasteiger partial charge is 0.366 e. The number of halogens is 1. The Labute approximate surface area is 157 Å². The maximum Gasteiger partial charge on any atom is 0.134 e. The highest BCUT2D eigenvalue weighted by Gasteiger charge is 2.20. The molecule has 2 aromatic carbocycles. The highest BCUT2D eigenvalue weighted by molar-refractivity contribution is 5.89. The van der Waals surface area contributed by atoms with E-state index in [4.69, 9.17) is 0 Å². The monoisotopic (exact) mass is 356 g/mol. The van der Waals surface area contributed by atoms with Crippen LogP contribution in [0.5, 0.6) is 0 Å². The first-order chi connectivity index (χ1) is 13.2. The van der Waals surface area contributed by atoms with E-state index in [1.165, 1.54) is 24.0 Å². The van der Waals surface area contributed by atoms with Crippen molar-refractivity contribution in [3.63, 3.8) is 0 Å². The number of nitrogens with zero attached hydrogens (tertiary/aromatic N) is 3. The fourth-order valence-corrected chi connectivity index (χ4v) is 3.27. The molecule has 0 radical (unpaired) electrons. The lowest BCUT2D eigenvalue weighted by Crippen LogP contribution is -2.20. The number of anilines is 1. The Morgan fingerprint density at radius 2 is 1.74 bits per heavy atom. The quantitative estimate of drug-likeness (QED) is 0.763. The Hall–Kier alpha value is -3.52. The van der Waals surface area contributed by atoms with Crippen LogP contribution in [0.2, 0.25) is 0 Å². The lowest BCUT2D eigenvalue weighted by molar-refractivity contribution is 0.627. The van der Waals surface area contributed by atoms with Gasteiger partial charge in [-0.15, -0.1) is 0 Å². The van der Waals surface area contributed by atoms with Gasteiger partial charge in [-0.25, -0.2) is 14.4 Å². The van der Waals surface area contributed by atoms with Crippen molar-refractivity contribution in [2.75, 3.05) is 5.32 Å². The summed E-state index contributed by atoms with van der Waals surface area (Å²) in [5.74, 6) is -0.273. The molecule has 0 spiro atoms. The summed E-state index contributed by atoms with van der Waals surface area (Å²) in [4.78, 5) is 8.09. The zero-order valence-corrected chi connectivity index (χ0v) is 14.6. The van der Waals surface area contributed by atoms with Crippen LogP contribution >= 0.6 is 0 Å². The van der Waals surface area contributed by atoms with Gasteiger partial charge in [0, 0.05) is 23.6 Å². The van der Waals surface area contributed by atoms with Gasteiger partial charge in [-0.1, -0.05) is 24.3 Å². The summed E-state index contributed by atoms with van der Waals surface area (Å²) in [6.07, 6.45) is 8.76. The number of rotatable bonds is 4. The minimum absolute atomic E-state index is 0.273. The molecule has 0 amide bonds. The van der Waals surface area contributed by atoms with Crippen molar-refractivity contribution < 1.29 is 4.39 Å². The third-order valence-electron chi connectivity index (χ3n) is 4.63. The highest BCUT2D eigenvalue weighted by Crippen LogP contribution is 2.35. The van der Waals surface area contributed by atoms with E-state index in [9.17, 15) is 9.65 Å². The molecule has 1 aromatic heterocycles. The number of aromatic nitrogens is 2. The summed E-state index contributed by atoms with van der Waals surface area (Å²) in [6, 6.07) is 14.4. The van der Waals surface area contributed by atoms with Crippen molar-refractivity contribution in [2.24, 2.45) is 0 Å². The summed E-state index contributed by atoms with van der Waals surface area (Å²) in [5, 5.41) is 12.7. The zero-order chi connectivity index (χ0) is 18.6. The third-order valence-corrected chi connectivity index (χ3v) is 4.63. The second-order valence-electron chi connectivity index (χ2n) is 6.47. The minimum Gasteiger partial charge on any atom is -0.366 e. The van der Waals surface area contributed by atoms with E-state index in [0.29, 0.717) is 0 Å². The molecule has 4 nitrogen and oxygen atoms in total. The molecule has 0 saturated heterocycles. The molecule has 0 bridgehead atoms. The predicted molar refractivity (Wildman–Crippen MR) is 102 cm³/mol. The number of hydrogen-bond donors (Lipinski definition) is 1. The molecular formula is C22H17FN4. The Morgan fingerprint density at radius 1 is 1.00 bits per heavy atom. The summed E-state index contributed by atoms with van der Waals surface area (Å²) in [7, 11) is 0. The molecule has 0 saturated carbocycles. The first-order valence-corrected chi connectivity index (χ1v) is 8.74. The van der Waals surface area contributed by atoms with Gasteiger partial charge < -0.3 is 5.32 Å². The van der Waals surface area contributed by atoms with Gasteiger partial charge in [0.15, 0.2) is 0 Å². The molecule has 2 heterocycles. The Balaban J connectivity index is 1.63. The Bertz CT molecular complexity index is 1020. The fourth-order valence-electron chi connectivity index (χ4n) is 3.27. The van der Waals surface area contributed by atoms with E-state index in [0.717, 1.165) is 40.8 Å². The van der Waals surface area contributed by atoms with Gasteiger partial charge in [-0.05, 0) is 59.4 Å². The van der Waals surface area contributed by atoms with E-state index >= 15 is 0 Å². The van der Waals surface area contributed by atoms with E-state index in [-0.39, 0.29) is 5.82 Å². The van der Waals surface area contributed by atoms with Crippen LogP contribution in [0, 0.1) is 17.1 Å². The van der Waals surface area contributed by atoms with Crippen molar-refractivity contribution in [1.82, 2.24) is 9.97 Å². The molecule has 1 aliphatic heterocycles. The molecule has 3 aromatic rings. The lowest BCUT2D eigenvalue weighted by Gasteiger charge is -2.24. The standard InChI is InChI=1S/C22H17FN4/c23-18-6-4-17(5-7-18)21-10-19(11-24)27-22-9-15(3-8-20(21)22)1-2-16-12-25-14-26-13-16/h3-10,12-14,19,27H,1-2H2. The first kappa shape index (κ1) is 16.9. The number of fused-ring (bicyclic) bond motifs is 1. The molecule has 1 atom stereocenters. The maximum absolute atomic E-state index is 13.3. The van der Waals surface area contributed by atoms with Gasteiger partial charge in [0.1, 0.15) is 18.2 Å². The van der Waals surface area contributed by atoms with Crippen molar-refractivity contribution in [3.8, 4) is 6.07 Å². The SMILES string of the molecule is N#CC1C=C(c2ccc(F)cc2)c2ccc(CCc3cncnc3)cc2N1. The van der Waals surface area contributed by atoms with Crippen LogP contribution in [0.1, 0.15) is 22.3 Å².